The minimum absolute atomic E-state index is 0. The first kappa shape index (κ1) is 16.5. The predicted molar refractivity (Wildman–Crippen MR) is 83.0 cm³/mol. The van der Waals surface area contributed by atoms with E-state index in [1.54, 1.807) is 18.2 Å². The van der Waals surface area contributed by atoms with Crippen molar-refractivity contribution < 1.29 is 9.13 Å². The third-order valence-electron chi connectivity index (χ3n) is 3.39. The molecule has 0 bridgehead atoms. The quantitative estimate of drug-likeness (QED) is 0.929. The first-order valence-electron chi connectivity index (χ1n) is 6.21. The van der Waals surface area contributed by atoms with Crippen molar-refractivity contribution in [1.82, 2.24) is 0 Å². The Bertz CT molecular complexity index is 590. The maximum absolute atomic E-state index is 14.3. The average Bonchev–Trinajstić information content (AvgIpc) is 2.38. The summed E-state index contributed by atoms with van der Waals surface area (Å²) in [6, 6.07) is 9.10. The van der Waals surface area contributed by atoms with Gasteiger partial charge in [-0.3, -0.25) is 0 Å². The van der Waals surface area contributed by atoms with Gasteiger partial charge in [0.05, 0.1) is 7.11 Å². The maximum Gasteiger partial charge on any atom is 0.172 e. The largest absolute Gasteiger partial charge is 0.494 e. The van der Waals surface area contributed by atoms with Crippen molar-refractivity contribution in [2.75, 3.05) is 7.11 Å². The number of hydrogen-bond acceptors (Lipinski definition) is 2. The number of methoxy groups -OCH3 is 1. The topological polar surface area (TPSA) is 35.2 Å². The summed E-state index contributed by atoms with van der Waals surface area (Å²) in [5.74, 6) is -0.0694. The van der Waals surface area contributed by atoms with E-state index >= 15 is 0 Å². The first-order valence-corrected chi connectivity index (χ1v) is 6.21. The molecule has 2 rings (SSSR count). The Morgan fingerprint density at radius 2 is 1.75 bits per heavy atom. The molecule has 0 radical (unpaired) electrons. The van der Waals surface area contributed by atoms with Crippen molar-refractivity contribution in [3.8, 4) is 16.9 Å². The van der Waals surface area contributed by atoms with Crippen molar-refractivity contribution in [2.45, 2.75) is 20.4 Å². The van der Waals surface area contributed by atoms with E-state index in [0.29, 0.717) is 12.1 Å². The molecular weight excluding hydrogens is 277 g/mol. The van der Waals surface area contributed by atoms with E-state index < -0.39 is 0 Å². The molecule has 0 fully saturated rings. The molecule has 0 saturated carbocycles. The third kappa shape index (κ3) is 2.94. The van der Waals surface area contributed by atoms with E-state index in [1.165, 1.54) is 7.11 Å². The molecule has 108 valence electrons. The lowest BCUT2D eigenvalue weighted by molar-refractivity contribution is 0.387. The number of benzene rings is 2. The number of rotatable bonds is 3. The number of halogens is 2. The molecule has 4 heteroatoms. The number of ether oxygens (including phenoxy) is 1. The second kappa shape index (κ2) is 6.73. The third-order valence-corrected chi connectivity index (χ3v) is 3.39. The molecule has 2 nitrogen and oxygen atoms in total. The van der Waals surface area contributed by atoms with E-state index in [2.05, 4.69) is 0 Å². The predicted octanol–water partition coefficient (Wildman–Crippen LogP) is 4.00. The summed E-state index contributed by atoms with van der Waals surface area (Å²) in [5, 5.41) is 0. The summed E-state index contributed by atoms with van der Waals surface area (Å²) in [4.78, 5) is 0. The van der Waals surface area contributed by atoms with Gasteiger partial charge in [0.15, 0.2) is 11.6 Å². The van der Waals surface area contributed by atoms with Crippen LogP contribution in [0.15, 0.2) is 30.3 Å². The summed E-state index contributed by atoms with van der Waals surface area (Å²) in [6.07, 6.45) is 0. The highest BCUT2D eigenvalue weighted by atomic mass is 35.5. The Morgan fingerprint density at radius 3 is 2.25 bits per heavy atom. The van der Waals surface area contributed by atoms with E-state index in [1.807, 2.05) is 26.0 Å². The molecule has 20 heavy (non-hydrogen) atoms. The molecule has 0 aliphatic carbocycles. The summed E-state index contributed by atoms with van der Waals surface area (Å²) in [6.45, 7) is 4.49. The van der Waals surface area contributed by atoms with E-state index in [9.17, 15) is 4.39 Å². The Kier molecular flexibility index (Phi) is 5.54. The van der Waals surface area contributed by atoms with Gasteiger partial charge in [-0.05, 0) is 42.2 Å². The van der Waals surface area contributed by atoms with Gasteiger partial charge < -0.3 is 10.5 Å². The molecule has 2 aromatic carbocycles. The molecule has 2 aromatic rings. The molecule has 0 amide bonds. The highest BCUT2D eigenvalue weighted by Gasteiger charge is 2.12. The minimum Gasteiger partial charge on any atom is -0.494 e. The zero-order valence-electron chi connectivity index (χ0n) is 11.9. The minimum atomic E-state index is -0.329. The molecule has 0 heterocycles. The first-order chi connectivity index (χ1) is 9.08. The van der Waals surface area contributed by atoms with Gasteiger partial charge in [-0.2, -0.15) is 0 Å². The standard InChI is InChI=1S/C16H18FNO.ClH/c1-10-7-12(8-11(2)14(10)9-18)13-5-4-6-15(19-3)16(13)17;/h4-8H,9,18H2,1-3H3;1H. The molecule has 0 spiro atoms. The second-order valence-corrected chi connectivity index (χ2v) is 4.61. The van der Waals surface area contributed by atoms with E-state index in [0.717, 1.165) is 22.3 Å². The van der Waals surface area contributed by atoms with Crippen LogP contribution < -0.4 is 10.5 Å². The Morgan fingerprint density at radius 1 is 1.15 bits per heavy atom. The van der Waals surface area contributed by atoms with Crippen LogP contribution in [0.3, 0.4) is 0 Å². The van der Waals surface area contributed by atoms with Gasteiger partial charge in [-0.1, -0.05) is 24.3 Å². The number of hydrogen-bond donors (Lipinski definition) is 1. The molecule has 0 aliphatic rings. The molecule has 2 N–H and O–H groups in total. The summed E-state index contributed by atoms with van der Waals surface area (Å²) >= 11 is 0. The van der Waals surface area contributed by atoms with Crippen LogP contribution in [0.25, 0.3) is 11.1 Å². The summed E-state index contributed by atoms with van der Waals surface area (Å²) < 4.78 is 19.3. The molecule has 0 aromatic heterocycles. The van der Waals surface area contributed by atoms with Gasteiger partial charge in [0, 0.05) is 12.1 Å². The lowest BCUT2D eigenvalue weighted by Gasteiger charge is -2.13. The van der Waals surface area contributed by atoms with Gasteiger partial charge >= 0.3 is 0 Å². The smallest absolute Gasteiger partial charge is 0.172 e. The van der Waals surface area contributed by atoms with Crippen LogP contribution in [0.5, 0.6) is 5.75 Å². The van der Waals surface area contributed by atoms with Crippen molar-refractivity contribution in [1.29, 1.82) is 0 Å². The Balaban J connectivity index is 0.00000200. The van der Waals surface area contributed by atoms with Crippen LogP contribution in [0.4, 0.5) is 4.39 Å². The van der Waals surface area contributed by atoms with Crippen LogP contribution >= 0.6 is 12.4 Å². The van der Waals surface area contributed by atoms with Gasteiger partial charge in [0.2, 0.25) is 0 Å². The van der Waals surface area contributed by atoms with Crippen LogP contribution in [0, 0.1) is 19.7 Å². The highest BCUT2D eigenvalue weighted by molar-refractivity contribution is 5.85. The normalized spacial score (nSPS) is 10.1. The Hall–Kier alpha value is -1.58. The van der Waals surface area contributed by atoms with Crippen molar-refractivity contribution in [2.24, 2.45) is 5.73 Å². The van der Waals surface area contributed by atoms with E-state index in [4.69, 9.17) is 10.5 Å². The number of aryl methyl sites for hydroxylation is 2. The van der Waals surface area contributed by atoms with Crippen LogP contribution in [0.1, 0.15) is 16.7 Å². The van der Waals surface area contributed by atoms with Gasteiger partial charge in [-0.15, -0.1) is 12.4 Å². The zero-order chi connectivity index (χ0) is 14.0. The van der Waals surface area contributed by atoms with Crippen molar-refractivity contribution in [3.63, 3.8) is 0 Å². The van der Waals surface area contributed by atoms with Gasteiger partial charge in [0.1, 0.15) is 0 Å². The maximum atomic E-state index is 14.3. The summed E-state index contributed by atoms with van der Waals surface area (Å²) in [7, 11) is 1.47. The van der Waals surface area contributed by atoms with Crippen molar-refractivity contribution in [3.05, 3.63) is 52.8 Å². The molecule has 0 aliphatic heterocycles. The van der Waals surface area contributed by atoms with Gasteiger partial charge in [0.25, 0.3) is 0 Å². The number of nitrogens with two attached hydrogens (primary N) is 1. The van der Waals surface area contributed by atoms with Crippen LogP contribution in [-0.2, 0) is 6.54 Å². The van der Waals surface area contributed by atoms with E-state index in [-0.39, 0.29) is 24.0 Å². The SMILES string of the molecule is COc1cccc(-c2cc(C)c(CN)c(C)c2)c1F.Cl. The van der Waals surface area contributed by atoms with Crippen molar-refractivity contribution >= 4 is 12.4 Å². The molecule has 0 unspecified atom stereocenters. The second-order valence-electron chi connectivity index (χ2n) is 4.61. The lowest BCUT2D eigenvalue weighted by atomic mass is 9.95. The molecule has 0 atom stereocenters. The van der Waals surface area contributed by atoms with Crippen LogP contribution in [-0.4, -0.2) is 7.11 Å². The summed E-state index contributed by atoms with van der Waals surface area (Å²) in [5.41, 5.74) is 10.4. The fraction of sp³-hybridized carbons (Fsp3) is 0.250. The Labute approximate surface area is 125 Å². The van der Waals surface area contributed by atoms with Crippen LogP contribution in [0.2, 0.25) is 0 Å². The fourth-order valence-electron chi connectivity index (χ4n) is 2.36. The average molecular weight is 296 g/mol. The molecule has 0 saturated heterocycles. The monoisotopic (exact) mass is 295 g/mol. The lowest BCUT2D eigenvalue weighted by Crippen LogP contribution is -2.02. The fourth-order valence-corrected chi connectivity index (χ4v) is 2.36. The molecular formula is C16H19ClFNO. The van der Waals surface area contributed by atoms with Gasteiger partial charge in [-0.25, -0.2) is 4.39 Å². The zero-order valence-corrected chi connectivity index (χ0v) is 12.7. The highest BCUT2D eigenvalue weighted by Crippen LogP contribution is 2.31.